The lowest BCUT2D eigenvalue weighted by molar-refractivity contribution is -0.116. The van der Waals surface area contributed by atoms with Crippen LogP contribution in [0.2, 0.25) is 0 Å². The highest BCUT2D eigenvalue weighted by atomic mass is 19.1. The molecule has 0 aliphatic heterocycles. The summed E-state index contributed by atoms with van der Waals surface area (Å²) < 4.78 is 23.7. The van der Waals surface area contributed by atoms with E-state index in [1.807, 2.05) is 36.4 Å². The average molecular weight is 410 g/mol. The van der Waals surface area contributed by atoms with Gasteiger partial charge in [-0.3, -0.25) is 9.59 Å². The maximum absolute atomic E-state index is 12.9. The Kier molecular flexibility index (Phi) is 7.74. The van der Waals surface area contributed by atoms with Gasteiger partial charge in [-0.25, -0.2) is 4.39 Å². The van der Waals surface area contributed by atoms with Gasteiger partial charge in [-0.1, -0.05) is 12.1 Å². The summed E-state index contributed by atoms with van der Waals surface area (Å²) in [7, 11) is 0. The largest absolute Gasteiger partial charge is 0.467 e. The van der Waals surface area contributed by atoms with Gasteiger partial charge in [-0.15, -0.1) is 0 Å². The lowest BCUT2D eigenvalue weighted by Crippen LogP contribution is -2.25. The van der Waals surface area contributed by atoms with Crippen molar-refractivity contribution >= 4 is 17.5 Å². The number of amides is 2. The van der Waals surface area contributed by atoms with E-state index < -0.39 is 5.82 Å². The molecule has 0 atom stereocenters. The number of rotatable bonds is 10. The molecule has 156 valence electrons. The van der Waals surface area contributed by atoms with E-state index in [1.165, 1.54) is 24.3 Å². The predicted molar refractivity (Wildman–Crippen MR) is 110 cm³/mol. The van der Waals surface area contributed by atoms with Crippen molar-refractivity contribution in [1.29, 1.82) is 0 Å². The fourth-order valence-corrected chi connectivity index (χ4v) is 2.78. The first-order valence-electron chi connectivity index (χ1n) is 9.63. The molecule has 1 aromatic heterocycles. The Morgan fingerprint density at radius 1 is 1.00 bits per heavy atom. The predicted octanol–water partition coefficient (Wildman–Crippen LogP) is 4.28. The van der Waals surface area contributed by atoms with Crippen molar-refractivity contribution < 1.29 is 23.1 Å². The molecule has 2 aromatic carbocycles. The number of anilines is 1. The number of ether oxygens (including phenoxy) is 1. The standard InChI is InChI=1S/C23H23FN2O4/c24-19-10-8-18(9-11-19)23(28)25-12-2-7-22(27)26-20-5-1-4-17(14-20)15-29-16-21-6-3-13-30-21/h1,3-6,8-11,13-14H,2,7,12,15-16H2,(H,25,28)(H,26,27). The SMILES string of the molecule is O=C(CCCNC(=O)c1ccc(F)cc1)Nc1cccc(COCc2ccco2)c1. The van der Waals surface area contributed by atoms with E-state index in [4.69, 9.17) is 9.15 Å². The Labute approximate surface area is 174 Å². The van der Waals surface area contributed by atoms with Gasteiger partial charge in [0.1, 0.15) is 18.2 Å². The average Bonchev–Trinajstić information content (AvgIpc) is 3.25. The summed E-state index contributed by atoms with van der Waals surface area (Å²) in [6.07, 6.45) is 2.36. The minimum atomic E-state index is -0.392. The van der Waals surface area contributed by atoms with Crippen LogP contribution >= 0.6 is 0 Å². The topological polar surface area (TPSA) is 80.6 Å². The molecule has 0 spiro atoms. The molecule has 2 N–H and O–H groups in total. The van der Waals surface area contributed by atoms with E-state index in [-0.39, 0.29) is 18.2 Å². The molecular formula is C23H23FN2O4. The van der Waals surface area contributed by atoms with Gasteiger partial charge in [-0.2, -0.15) is 0 Å². The van der Waals surface area contributed by atoms with Crippen LogP contribution in [0, 0.1) is 5.82 Å². The van der Waals surface area contributed by atoms with E-state index in [0.29, 0.717) is 37.4 Å². The molecule has 1 heterocycles. The smallest absolute Gasteiger partial charge is 0.251 e. The molecule has 2 amide bonds. The molecule has 30 heavy (non-hydrogen) atoms. The summed E-state index contributed by atoms with van der Waals surface area (Å²) in [5, 5.41) is 5.56. The number of nitrogens with one attached hydrogen (secondary N) is 2. The van der Waals surface area contributed by atoms with Gasteiger partial charge in [0.25, 0.3) is 5.91 Å². The van der Waals surface area contributed by atoms with E-state index in [2.05, 4.69) is 10.6 Å². The summed E-state index contributed by atoms with van der Waals surface area (Å²) in [5.74, 6) is -0.0697. The number of hydrogen-bond acceptors (Lipinski definition) is 4. The first-order valence-corrected chi connectivity index (χ1v) is 9.63. The van der Waals surface area contributed by atoms with Crippen LogP contribution in [0.25, 0.3) is 0 Å². The van der Waals surface area contributed by atoms with Crippen LogP contribution in [0.15, 0.2) is 71.3 Å². The zero-order valence-electron chi connectivity index (χ0n) is 16.4. The van der Waals surface area contributed by atoms with Crippen molar-refractivity contribution in [3.8, 4) is 0 Å². The molecule has 0 saturated heterocycles. The highest BCUT2D eigenvalue weighted by molar-refractivity contribution is 5.94. The molecule has 0 fully saturated rings. The number of furan rings is 1. The van der Waals surface area contributed by atoms with Crippen molar-refractivity contribution in [2.24, 2.45) is 0 Å². The third-order valence-corrected chi connectivity index (χ3v) is 4.28. The number of hydrogen-bond donors (Lipinski definition) is 2. The quantitative estimate of drug-likeness (QED) is 0.489. The van der Waals surface area contributed by atoms with Crippen molar-refractivity contribution in [1.82, 2.24) is 5.32 Å². The lowest BCUT2D eigenvalue weighted by atomic mass is 10.2. The van der Waals surface area contributed by atoms with Gasteiger partial charge in [0.05, 0.1) is 12.9 Å². The Morgan fingerprint density at radius 3 is 2.60 bits per heavy atom. The maximum Gasteiger partial charge on any atom is 0.251 e. The molecule has 0 unspecified atom stereocenters. The molecule has 3 aromatic rings. The van der Waals surface area contributed by atoms with Crippen LogP contribution in [-0.2, 0) is 22.7 Å². The van der Waals surface area contributed by atoms with Crippen LogP contribution in [-0.4, -0.2) is 18.4 Å². The van der Waals surface area contributed by atoms with Crippen LogP contribution < -0.4 is 10.6 Å². The van der Waals surface area contributed by atoms with E-state index in [0.717, 1.165) is 11.3 Å². The van der Waals surface area contributed by atoms with Crippen LogP contribution in [0.3, 0.4) is 0 Å². The number of halogens is 1. The van der Waals surface area contributed by atoms with Gasteiger partial charge in [0, 0.05) is 24.2 Å². The highest BCUT2D eigenvalue weighted by Gasteiger charge is 2.07. The molecule has 6 nitrogen and oxygen atoms in total. The summed E-state index contributed by atoms with van der Waals surface area (Å²) >= 11 is 0. The van der Waals surface area contributed by atoms with Crippen molar-refractivity contribution in [3.63, 3.8) is 0 Å². The minimum Gasteiger partial charge on any atom is -0.467 e. The maximum atomic E-state index is 12.9. The Hall–Kier alpha value is -3.45. The summed E-state index contributed by atoms with van der Waals surface area (Å²) in [6.45, 7) is 1.14. The first kappa shape index (κ1) is 21.3. The zero-order chi connectivity index (χ0) is 21.2. The number of benzene rings is 2. The molecule has 0 bridgehead atoms. The Bertz CT molecular complexity index is 956. The second-order valence-electron chi connectivity index (χ2n) is 6.69. The Morgan fingerprint density at radius 2 is 1.83 bits per heavy atom. The minimum absolute atomic E-state index is 0.139. The molecule has 0 saturated carbocycles. The van der Waals surface area contributed by atoms with E-state index in [1.54, 1.807) is 6.26 Å². The van der Waals surface area contributed by atoms with Gasteiger partial charge < -0.3 is 19.8 Å². The lowest BCUT2D eigenvalue weighted by Gasteiger charge is -2.09. The molecule has 0 radical (unpaired) electrons. The first-order chi connectivity index (χ1) is 14.6. The van der Waals surface area contributed by atoms with Gasteiger partial charge in [0.2, 0.25) is 5.91 Å². The zero-order valence-corrected chi connectivity index (χ0v) is 16.4. The fraction of sp³-hybridized carbons (Fsp3) is 0.217. The Balaban J connectivity index is 1.36. The molecule has 3 rings (SSSR count). The summed E-state index contributed by atoms with van der Waals surface area (Å²) in [5.41, 5.74) is 2.01. The summed E-state index contributed by atoms with van der Waals surface area (Å²) in [4.78, 5) is 24.1. The van der Waals surface area contributed by atoms with Gasteiger partial charge in [-0.05, 0) is 60.5 Å². The van der Waals surface area contributed by atoms with Crippen LogP contribution in [0.4, 0.5) is 10.1 Å². The molecular weight excluding hydrogens is 387 g/mol. The third kappa shape index (κ3) is 6.86. The van der Waals surface area contributed by atoms with Gasteiger partial charge in [0.15, 0.2) is 0 Å². The summed E-state index contributed by atoms with van der Waals surface area (Å²) in [6, 6.07) is 16.4. The monoisotopic (exact) mass is 410 g/mol. The van der Waals surface area contributed by atoms with E-state index in [9.17, 15) is 14.0 Å². The van der Waals surface area contributed by atoms with Gasteiger partial charge >= 0.3 is 0 Å². The second-order valence-corrected chi connectivity index (χ2v) is 6.69. The van der Waals surface area contributed by atoms with E-state index >= 15 is 0 Å². The van der Waals surface area contributed by atoms with Crippen LogP contribution in [0.1, 0.15) is 34.5 Å². The fourth-order valence-electron chi connectivity index (χ4n) is 2.78. The van der Waals surface area contributed by atoms with Crippen molar-refractivity contribution in [2.75, 3.05) is 11.9 Å². The highest BCUT2D eigenvalue weighted by Crippen LogP contribution is 2.13. The molecule has 7 heteroatoms. The number of carbonyl (C=O) groups is 2. The van der Waals surface area contributed by atoms with Crippen molar-refractivity contribution in [3.05, 3.63) is 89.6 Å². The second kappa shape index (κ2) is 10.9. The number of carbonyl (C=O) groups excluding carboxylic acids is 2. The molecule has 0 aliphatic rings. The normalized spacial score (nSPS) is 10.6. The van der Waals surface area contributed by atoms with Crippen molar-refractivity contribution in [2.45, 2.75) is 26.1 Å². The molecule has 0 aliphatic carbocycles. The van der Waals surface area contributed by atoms with Crippen LogP contribution in [0.5, 0.6) is 0 Å². The third-order valence-electron chi connectivity index (χ3n) is 4.28.